The third kappa shape index (κ3) is 6.44. The Morgan fingerprint density at radius 3 is 1.21 bits per heavy atom. The second-order valence-electron chi connectivity index (χ2n) is 21.1. The second-order valence-corrected chi connectivity index (χ2v) is 21.1. The van der Waals surface area contributed by atoms with E-state index in [-0.39, 0.29) is 5.41 Å². The van der Waals surface area contributed by atoms with Crippen LogP contribution < -0.4 is 4.90 Å². The minimum Gasteiger partial charge on any atom is -0.310 e. The van der Waals surface area contributed by atoms with E-state index in [0.29, 0.717) is 0 Å². The molecule has 0 bridgehead atoms. The summed E-state index contributed by atoms with van der Waals surface area (Å²) in [5.74, 6) is 0. The highest BCUT2D eigenvalue weighted by molar-refractivity contribution is 6.07. The minimum atomic E-state index is -0.416. The van der Waals surface area contributed by atoms with Crippen molar-refractivity contribution in [2.75, 3.05) is 4.90 Å². The first kappa shape index (κ1) is 43.3. The molecule has 12 aromatic rings. The zero-order valence-corrected chi connectivity index (χ0v) is 41.9. The van der Waals surface area contributed by atoms with Gasteiger partial charge in [0.2, 0.25) is 0 Å². The van der Waals surface area contributed by atoms with Crippen molar-refractivity contribution in [3.05, 3.63) is 306 Å². The Kier molecular flexibility index (Phi) is 9.59. The third-order valence-electron chi connectivity index (χ3n) is 16.9. The van der Waals surface area contributed by atoms with Gasteiger partial charge in [-0.25, -0.2) is 0 Å². The molecule has 75 heavy (non-hydrogen) atoms. The Hall–Kier alpha value is -9.30. The third-order valence-corrected chi connectivity index (χ3v) is 16.9. The number of nitrogens with zero attached hydrogens (tertiary/aromatic N) is 1. The van der Waals surface area contributed by atoms with Gasteiger partial charge in [-0.05, 0) is 171 Å². The monoisotopic (exact) mass is 953 g/mol. The van der Waals surface area contributed by atoms with Crippen LogP contribution in [0.15, 0.2) is 273 Å². The van der Waals surface area contributed by atoms with Crippen molar-refractivity contribution in [3.63, 3.8) is 0 Å². The van der Waals surface area contributed by atoms with Gasteiger partial charge in [-0.1, -0.05) is 232 Å². The van der Waals surface area contributed by atoms with E-state index in [1.165, 1.54) is 122 Å². The van der Waals surface area contributed by atoms with Crippen molar-refractivity contribution in [3.8, 4) is 77.9 Å². The van der Waals surface area contributed by atoms with Crippen molar-refractivity contribution in [1.82, 2.24) is 0 Å². The summed E-state index contributed by atoms with van der Waals surface area (Å²) in [4.78, 5) is 2.49. The van der Waals surface area contributed by atoms with Crippen LogP contribution in [0.4, 0.5) is 17.1 Å². The zero-order chi connectivity index (χ0) is 49.8. The van der Waals surface area contributed by atoms with Gasteiger partial charge in [-0.2, -0.15) is 0 Å². The van der Waals surface area contributed by atoms with Crippen LogP contribution in [0.5, 0.6) is 0 Å². The lowest BCUT2D eigenvalue weighted by atomic mass is 9.70. The summed E-state index contributed by atoms with van der Waals surface area (Å²) in [6.45, 7) is 4.75. The number of hydrogen-bond acceptors (Lipinski definition) is 1. The molecule has 0 fully saturated rings. The Morgan fingerprint density at radius 2 is 0.640 bits per heavy atom. The molecule has 0 aliphatic heterocycles. The van der Waals surface area contributed by atoms with Gasteiger partial charge < -0.3 is 4.90 Å². The van der Waals surface area contributed by atoms with Crippen LogP contribution in [0.1, 0.15) is 47.2 Å². The number of rotatable bonds is 7. The SMILES string of the molecule is CC1(C)c2ccccc2-c2ccc(N(c3ccc(-c4cc(-c5ccccc5)cc(-c5ccccc5)c4)cc3)c3ccc(-c4ccc5c(c4)C4(c6ccccc6-c6ccccc64)c4ccccc4-5)c4ccccc34)cc21. The normalized spacial score (nSPS) is 13.7. The molecule has 15 rings (SSSR count). The molecular weight excluding hydrogens is 903 g/mol. The Morgan fingerprint density at radius 1 is 0.240 bits per heavy atom. The summed E-state index contributed by atoms with van der Waals surface area (Å²) >= 11 is 0. The molecule has 0 heterocycles. The summed E-state index contributed by atoms with van der Waals surface area (Å²) < 4.78 is 0. The van der Waals surface area contributed by atoms with Crippen LogP contribution in [-0.4, -0.2) is 0 Å². The predicted molar refractivity (Wildman–Crippen MR) is 314 cm³/mol. The van der Waals surface area contributed by atoms with Crippen molar-refractivity contribution < 1.29 is 0 Å². The largest absolute Gasteiger partial charge is 0.310 e. The highest BCUT2D eigenvalue weighted by atomic mass is 15.1. The van der Waals surface area contributed by atoms with Crippen LogP contribution in [0, 0.1) is 0 Å². The molecule has 0 atom stereocenters. The van der Waals surface area contributed by atoms with E-state index >= 15 is 0 Å². The second kappa shape index (κ2) is 16.6. The Balaban J connectivity index is 0.900. The van der Waals surface area contributed by atoms with Gasteiger partial charge in [-0.15, -0.1) is 0 Å². The lowest BCUT2D eigenvalue weighted by Crippen LogP contribution is -2.25. The minimum absolute atomic E-state index is 0.158. The maximum atomic E-state index is 2.52. The van der Waals surface area contributed by atoms with E-state index < -0.39 is 5.41 Å². The van der Waals surface area contributed by atoms with Crippen molar-refractivity contribution in [2.24, 2.45) is 0 Å². The van der Waals surface area contributed by atoms with E-state index in [1.54, 1.807) is 0 Å². The zero-order valence-electron chi connectivity index (χ0n) is 41.9. The highest BCUT2D eigenvalue weighted by Crippen LogP contribution is 2.63. The van der Waals surface area contributed by atoms with E-state index in [9.17, 15) is 0 Å². The molecular formula is C74H51N. The topological polar surface area (TPSA) is 3.24 Å². The van der Waals surface area contributed by atoms with Crippen LogP contribution >= 0.6 is 0 Å². The molecule has 0 saturated carbocycles. The smallest absolute Gasteiger partial charge is 0.0725 e. The van der Waals surface area contributed by atoms with E-state index in [4.69, 9.17) is 0 Å². The maximum absolute atomic E-state index is 2.52. The number of hydrogen-bond donors (Lipinski definition) is 0. The summed E-state index contributed by atoms with van der Waals surface area (Å²) in [7, 11) is 0. The fraction of sp³-hybridized carbons (Fsp3) is 0.0541. The van der Waals surface area contributed by atoms with Gasteiger partial charge in [0, 0.05) is 22.2 Å². The molecule has 0 aromatic heterocycles. The lowest BCUT2D eigenvalue weighted by Gasteiger charge is -2.31. The molecule has 3 aliphatic rings. The number of fused-ring (bicyclic) bond motifs is 14. The summed E-state index contributed by atoms with van der Waals surface area (Å²) in [5.41, 5.74) is 28.4. The Bertz CT molecular complexity index is 4130. The van der Waals surface area contributed by atoms with Crippen molar-refractivity contribution in [1.29, 1.82) is 0 Å². The van der Waals surface area contributed by atoms with E-state index in [1.807, 2.05) is 0 Å². The maximum Gasteiger partial charge on any atom is 0.0725 e. The molecule has 0 unspecified atom stereocenters. The lowest BCUT2D eigenvalue weighted by molar-refractivity contribution is 0.660. The van der Waals surface area contributed by atoms with Gasteiger partial charge in [0.1, 0.15) is 0 Å². The summed E-state index contributed by atoms with van der Waals surface area (Å²) in [6.07, 6.45) is 0. The quantitative estimate of drug-likeness (QED) is 0.154. The average molecular weight is 954 g/mol. The fourth-order valence-electron chi connectivity index (χ4n) is 13.4. The van der Waals surface area contributed by atoms with Gasteiger partial charge in [0.15, 0.2) is 0 Å². The van der Waals surface area contributed by atoms with Gasteiger partial charge in [0.25, 0.3) is 0 Å². The molecule has 12 aromatic carbocycles. The first-order chi connectivity index (χ1) is 36.9. The predicted octanol–water partition coefficient (Wildman–Crippen LogP) is 19.6. The first-order valence-electron chi connectivity index (χ1n) is 26.3. The van der Waals surface area contributed by atoms with Gasteiger partial charge in [0.05, 0.1) is 11.1 Å². The molecule has 0 saturated heterocycles. The molecule has 0 amide bonds. The van der Waals surface area contributed by atoms with Crippen molar-refractivity contribution in [2.45, 2.75) is 24.7 Å². The molecule has 3 aliphatic carbocycles. The van der Waals surface area contributed by atoms with Crippen LogP contribution in [-0.2, 0) is 10.8 Å². The van der Waals surface area contributed by atoms with Crippen LogP contribution in [0.3, 0.4) is 0 Å². The Labute approximate surface area is 439 Å². The van der Waals surface area contributed by atoms with Gasteiger partial charge in [-0.3, -0.25) is 0 Å². The molecule has 1 spiro atoms. The number of anilines is 3. The van der Waals surface area contributed by atoms with Crippen LogP contribution in [0.2, 0.25) is 0 Å². The molecule has 0 N–H and O–H groups in total. The van der Waals surface area contributed by atoms with Crippen LogP contribution in [0.25, 0.3) is 88.7 Å². The fourth-order valence-corrected chi connectivity index (χ4v) is 13.4. The molecule has 1 nitrogen and oxygen atoms in total. The van der Waals surface area contributed by atoms with E-state index in [2.05, 4.69) is 292 Å². The molecule has 1 heteroatoms. The highest BCUT2D eigenvalue weighted by Gasteiger charge is 2.51. The summed E-state index contributed by atoms with van der Waals surface area (Å²) in [5, 5.41) is 2.41. The first-order valence-corrected chi connectivity index (χ1v) is 26.3. The van der Waals surface area contributed by atoms with Crippen molar-refractivity contribution >= 4 is 27.8 Å². The number of benzene rings is 12. The van der Waals surface area contributed by atoms with E-state index in [0.717, 1.165) is 17.1 Å². The van der Waals surface area contributed by atoms with Gasteiger partial charge >= 0.3 is 0 Å². The molecule has 352 valence electrons. The molecule has 0 radical (unpaired) electrons. The standard InChI is InChI=1S/C74H51N/c1-73(2)66-29-15-11-24-59(66)63-40-38-56(47-70(63)73)75(55-36-33-50(34-37-55)54-44-52(48-19-5-3-6-20-48)43-53(45-54)49-21-7-4-8-22-49)72-42-41-57(58-23-9-10-28-65(58)72)51-35-39-64-62-27-14-18-32-69(62)74(71(64)46-51)67-30-16-12-25-60(67)61-26-13-17-31-68(61)74/h3-47H,1-2H3. The summed E-state index contributed by atoms with van der Waals surface area (Å²) in [6, 6.07) is 102. The average Bonchev–Trinajstić information content (AvgIpc) is 4.05.